The predicted octanol–water partition coefficient (Wildman–Crippen LogP) is 3.04. The molecule has 3 heterocycles. The summed E-state index contributed by atoms with van der Waals surface area (Å²) >= 11 is 1.72. The monoisotopic (exact) mass is 268 g/mol. The van der Waals surface area contributed by atoms with Gasteiger partial charge in [-0.3, -0.25) is 9.55 Å². The highest BCUT2D eigenvalue weighted by Gasteiger charge is 2.24. The SMILES string of the molecule is Cc1nc2ccccc2c2c1CSc1nnc(C)n1-2. The molecule has 3 aromatic rings. The fraction of sp³-hybridized carbons (Fsp3) is 0.214. The maximum absolute atomic E-state index is 4.71. The van der Waals surface area contributed by atoms with Crippen LogP contribution in [0.2, 0.25) is 0 Å². The maximum atomic E-state index is 4.71. The van der Waals surface area contributed by atoms with Crippen LogP contribution in [0.25, 0.3) is 16.6 Å². The summed E-state index contributed by atoms with van der Waals surface area (Å²) in [6, 6.07) is 8.27. The smallest absolute Gasteiger partial charge is 0.196 e. The fourth-order valence-corrected chi connectivity index (χ4v) is 3.68. The van der Waals surface area contributed by atoms with E-state index in [4.69, 9.17) is 4.98 Å². The topological polar surface area (TPSA) is 43.6 Å². The first kappa shape index (κ1) is 11.0. The van der Waals surface area contributed by atoms with E-state index in [9.17, 15) is 0 Å². The van der Waals surface area contributed by atoms with Crippen LogP contribution in [-0.4, -0.2) is 19.7 Å². The maximum Gasteiger partial charge on any atom is 0.196 e. The average molecular weight is 268 g/mol. The first-order chi connectivity index (χ1) is 9.25. The van der Waals surface area contributed by atoms with Crippen molar-refractivity contribution in [1.29, 1.82) is 0 Å². The van der Waals surface area contributed by atoms with E-state index in [0.717, 1.165) is 27.9 Å². The summed E-state index contributed by atoms with van der Waals surface area (Å²) in [5.74, 6) is 1.84. The Morgan fingerprint density at radius 2 is 2.00 bits per heavy atom. The molecule has 0 saturated heterocycles. The van der Waals surface area contributed by atoms with Crippen molar-refractivity contribution in [3.8, 4) is 5.69 Å². The zero-order chi connectivity index (χ0) is 13.0. The molecule has 0 unspecified atom stereocenters. The Labute approximate surface area is 114 Å². The molecule has 1 aromatic carbocycles. The summed E-state index contributed by atoms with van der Waals surface area (Å²) in [6.45, 7) is 4.08. The van der Waals surface area contributed by atoms with E-state index in [1.165, 1.54) is 16.6 Å². The van der Waals surface area contributed by atoms with Crippen molar-refractivity contribution in [2.75, 3.05) is 0 Å². The summed E-state index contributed by atoms with van der Waals surface area (Å²) in [5, 5.41) is 10.6. The summed E-state index contributed by atoms with van der Waals surface area (Å²) < 4.78 is 2.15. The van der Waals surface area contributed by atoms with Gasteiger partial charge in [0.25, 0.3) is 0 Å². The minimum Gasteiger partial charge on any atom is -0.273 e. The first-order valence-corrected chi connectivity index (χ1v) is 7.17. The van der Waals surface area contributed by atoms with Crippen LogP contribution in [0, 0.1) is 13.8 Å². The minimum atomic E-state index is 0.914. The molecule has 0 spiro atoms. The molecule has 1 aliphatic heterocycles. The van der Waals surface area contributed by atoms with E-state index in [0.29, 0.717) is 0 Å². The number of aromatic nitrogens is 4. The van der Waals surface area contributed by atoms with Gasteiger partial charge in [0.1, 0.15) is 5.82 Å². The molecule has 1 aliphatic rings. The standard InChI is InChI=1S/C14H12N4S/c1-8-11-7-19-14-17-16-9(2)18(14)13(11)10-5-3-4-6-12(10)15-8/h3-6H,7H2,1-2H3. The Morgan fingerprint density at radius 1 is 1.16 bits per heavy atom. The Morgan fingerprint density at radius 3 is 2.89 bits per heavy atom. The molecule has 0 amide bonds. The molecule has 0 atom stereocenters. The highest BCUT2D eigenvalue weighted by Crippen LogP contribution is 2.38. The Bertz CT molecular complexity index is 807. The third-order valence-electron chi connectivity index (χ3n) is 3.53. The fourth-order valence-electron chi connectivity index (χ4n) is 2.61. The van der Waals surface area contributed by atoms with Gasteiger partial charge < -0.3 is 0 Å². The van der Waals surface area contributed by atoms with Crippen LogP contribution in [0.4, 0.5) is 0 Å². The van der Waals surface area contributed by atoms with Gasteiger partial charge in [-0.25, -0.2) is 0 Å². The zero-order valence-electron chi connectivity index (χ0n) is 10.7. The van der Waals surface area contributed by atoms with Crippen molar-refractivity contribution in [3.05, 3.63) is 41.3 Å². The third kappa shape index (κ3) is 1.45. The molecule has 0 saturated carbocycles. The van der Waals surface area contributed by atoms with Crippen molar-refractivity contribution < 1.29 is 0 Å². The highest BCUT2D eigenvalue weighted by atomic mass is 32.2. The van der Waals surface area contributed by atoms with Gasteiger partial charge in [-0.2, -0.15) is 0 Å². The van der Waals surface area contributed by atoms with E-state index in [1.54, 1.807) is 11.8 Å². The molecule has 0 bridgehead atoms. The van der Waals surface area contributed by atoms with Crippen LogP contribution in [0.1, 0.15) is 17.1 Å². The minimum absolute atomic E-state index is 0.914. The van der Waals surface area contributed by atoms with Crippen molar-refractivity contribution in [3.63, 3.8) is 0 Å². The summed E-state index contributed by atoms with van der Waals surface area (Å²) in [4.78, 5) is 4.71. The van der Waals surface area contributed by atoms with Crippen LogP contribution in [0.15, 0.2) is 29.4 Å². The largest absolute Gasteiger partial charge is 0.273 e. The molecular weight excluding hydrogens is 256 g/mol. The quantitative estimate of drug-likeness (QED) is 0.628. The molecule has 5 heteroatoms. The van der Waals surface area contributed by atoms with Crippen molar-refractivity contribution in [2.24, 2.45) is 0 Å². The second-order valence-electron chi connectivity index (χ2n) is 4.70. The molecule has 0 radical (unpaired) electrons. The summed E-state index contributed by atoms with van der Waals surface area (Å²) in [7, 11) is 0. The number of nitrogens with zero attached hydrogens (tertiary/aromatic N) is 4. The Kier molecular flexibility index (Phi) is 2.20. The lowest BCUT2D eigenvalue weighted by Gasteiger charge is -2.21. The van der Waals surface area contributed by atoms with Gasteiger partial charge in [-0.1, -0.05) is 30.0 Å². The number of fused-ring (bicyclic) bond motifs is 5. The number of para-hydroxylation sites is 1. The van der Waals surface area contributed by atoms with Crippen LogP contribution in [0.5, 0.6) is 0 Å². The first-order valence-electron chi connectivity index (χ1n) is 6.19. The molecule has 4 rings (SSSR count). The van der Waals surface area contributed by atoms with E-state index in [2.05, 4.69) is 39.9 Å². The number of rotatable bonds is 0. The molecule has 4 nitrogen and oxygen atoms in total. The molecule has 0 aliphatic carbocycles. The number of pyridine rings is 1. The highest BCUT2D eigenvalue weighted by molar-refractivity contribution is 7.98. The Balaban J connectivity index is 2.21. The van der Waals surface area contributed by atoms with Gasteiger partial charge in [0.05, 0.1) is 11.2 Å². The van der Waals surface area contributed by atoms with Gasteiger partial charge >= 0.3 is 0 Å². The number of aryl methyl sites for hydroxylation is 2. The third-order valence-corrected chi connectivity index (χ3v) is 4.49. The number of thioether (sulfide) groups is 1. The van der Waals surface area contributed by atoms with E-state index in [-0.39, 0.29) is 0 Å². The van der Waals surface area contributed by atoms with Gasteiger partial charge in [0, 0.05) is 22.4 Å². The second-order valence-corrected chi connectivity index (χ2v) is 5.64. The second kappa shape index (κ2) is 3.81. The van der Waals surface area contributed by atoms with Crippen LogP contribution in [-0.2, 0) is 5.75 Å². The van der Waals surface area contributed by atoms with Gasteiger partial charge in [-0.05, 0) is 19.9 Å². The molecule has 19 heavy (non-hydrogen) atoms. The van der Waals surface area contributed by atoms with E-state index >= 15 is 0 Å². The van der Waals surface area contributed by atoms with Crippen LogP contribution >= 0.6 is 11.8 Å². The van der Waals surface area contributed by atoms with Gasteiger partial charge in [0.15, 0.2) is 5.16 Å². The summed E-state index contributed by atoms with van der Waals surface area (Å²) in [5.41, 5.74) is 4.63. The average Bonchev–Trinajstić information content (AvgIpc) is 2.81. The molecule has 94 valence electrons. The molecular formula is C14H12N4S. The Hall–Kier alpha value is -1.88. The predicted molar refractivity (Wildman–Crippen MR) is 75.7 cm³/mol. The lowest BCUT2D eigenvalue weighted by molar-refractivity contribution is 0.847. The number of benzene rings is 1. The lowest BCUT2D eigenvalue weighted by Crippen LogP contribution is -2.11. The normalized spacial score (nSPS) is 13.4. The lowest BCUT2D eigenvalue weighted by atomic mass is 10.1. The summed E-state index contributed by atoms with van der Waals surface area (Å²) in [6.07, 6.45) is 0. The van der Waals surface area contributed by atoms with Crippen molar-refractivity contribution in [1.82, 2.24) is 19.7 Å². The van der Waals surface area contributed by atoms with Crippen LogP contribution in [0.3, 0.4) is 0 Å². The molecule has 0 fully saturated rings. The number of hydrogen-bond donors (Lipinski definition) is 0. The van der Waals surface area contributed by atoms with Crippen molar-refractivity contribution >= 4 is 22.7 Å². The van der Waals surface area contributed by atoms with Crippen LogP contribution < -0.4 is 0 Å². The van der Waals surface area contributed by atoms with E-state index < -0.39 is 0 Å². The molecule has 0 N–H and O–H groups in total. The zero-order valence-corrected chi connectivity index (χ0v) is 11.5. The number of hydrogen-bond acceptors (Lipinski definition) is 4. The van der Waals surface area contributed by atoms with E-state index in [1.807, 2.05) is 13.0 Å². The van der Waals surface area contributed by atoms with Gasteiger partial charge in [-0.15, -0.1) is 10.2 Å². The van der Waals surface area contributed by atoms with Crippen molar-refractivity contribution in [2.45, 2.75) is 24.8 Å². The van der Waals surface area contributed by atoms with Gasteiger partial charge in [0.2, 0.25) is 0 Å². The molecule has 2 aromatic heterocycles.